The Balaban J connectivity index is 0.00000132. The Bertz CT molecular complexity index is 777. The highest BCUT2D eigenvalue weighted by Gasteiger charge is 2.39. The van der Waals surface area contributed by atoms with Gasteiger partial charge < -0.3 is 10.3 Å². The summed E-state index contributed by atoms with van der Waals surface area (Å²) in [5.41, 5.74) is 6.53. The number of hydrogen-bond donors (Lipinski definition) is 1. The van der Waals surface area contributed by atoms with Gasteiger partial charge in [-0.3, -0.25) is 4.98 Å². The third-order valence-corrected chi connectivity index (χ3v) is 3.99. The average Bonchev–Trinajstić information content (AvgIpc) is 2.94. The molecule has 0 saturated heterocycles. The van der Waals surface area contributed by atoms with Gasteiger partial charge in [0, 0.05) is 11.6 Å². The van der Waals surface area contributed by atoms with Crippen molar-refractivity contribution < 1.29 is 4.52 Å². The van der Waals surface area contributed by atoms with Crippen molar-refractivity contribution in [2.24, 2.45) is 5.73 Å². The molecule has 108 valence electrons. The largest absolute Gasteiger partial charge is 0.332 e. The summed E-state index contributed by atoms with van der Waals surface area (Å²) in [6.07, 6.45) is 4.69. The van der Waals surface area contributed by atoms with E-state index in [-0.39, 0.29) is 12.4 Å². The lowest BCUT2D eigenvalue weighted by molar-refractivity contribution is 0.229. The van der Waals surface area contributed by atoms with Gasteiger partial charge in [0.1, 0.15) is 5.69 Å². The molecule has 0 spiro atoms. The SMILES string of the molecule is Cl.NC1(c2noc(-c3nccc4ccccc34)n2)CCC1. The van der Waals surface area contributed by atoms with Crippen molar-refractivity contribution in [3.63, 3.8) is 0 Å². The van der Waals surface area contributed by atoms with E-state index < -0.39 is 5.54 Å². The maximum absolute atomic E-state index is 6.22. The molecule has 3 aromatic rings. The van der Waals surface area contributed by atoms with E-state index in [1.54, 1.807) is 6.20 Å². The highest BCUT2D eigenvalue weighted by Crippen LogP contribution is 2.38. The number of halogens is 1. The molecule has 0 aliphatic heterocycles. The molecule has 1 fully saturated rings. The van der Waals surface area contributed by atoms with E-state index in [0.29, 0.717) is 17.4 Å². The molecule has 1 aliphatic rings. The third-order valence-electron chi connectivity index (χ3n) is 3.99. The van der Waals surface area contributed by atoms with Crippen molar-refractivity contribution in [3.05, 3.63) is 42.4 Å². The van der Waals surface area contributed by atoms with Crippen molar-refractivity contribution in [3.8, 4) is 11.6 Å². The summed E-state index contributed by atoms with van der Waals surface area (Å²) in [5, 5.41) is 6.15. The monoisotopic (exact) mass is 302 g/mol. The van der Waals surface area contributed by atoms with E-state index in [0.717, 1.165) is 30.0 Å². The van der Waals surface area contributed by atoms with Gasteiger partial charge in [0.2, 0.25) is 0 Å². The van der Waals surface area contributed by atoms with Gasteiger partial charge in [-0.25, -0.2) is 0 Å². The zero-order valence-electron chi connectivity index (χ0n) is 11.3. The van der Waals surface area contributed by atoms with Crippen LogP contribution in [0, 0.1) is 0 Å². The van der Waals surface area contributed by atoms with Crippen LogP contribution in [0.4, 0.5) is 0 Å². The molecule has 6 heteroatoms. The number of aromatic nitrogens is 3. The van der Waals surface area contributed by atoms with Crippen LogP contribution < -0.4 is 5.73 Å². The fourth-order valence-electron chi connectivity index (χ4n) is 2.59. The maximum Gasteiger partial charge on any atom is 0.277 e. The van der Waals surface area contributed by atoms with Gasteiger partial charge in [0.05, 0.1) is 5.54 Å². The first-order valence-corrected chi connectivity index (χ1v) is 6.73. The van der Waals surface area contributed by atoms with Crippen LogP contribution in [-0.2, 0) is 5.54 Å². The van der Waals surface area contributed by atoms with Crippen molar-refractivity contribution in [2.75, 3.05) is 0 Å². The number of nitrogens with two attached hydrogens (primary N) is 1. The molecular formula is C15H15ClN4O. The van der Waals surface area contributed by atoms with Gasteiger partial charge in [-0.15, -0.1) is 12.4 Å². The highest BCUT2D eigenvalue weighted by atomic mass is 35.5. The summed E-state index contributed by atoms with van der Waals surface area (Å²) in [4.78, 5) is 8.84. The highest BCUT2D eigenvalue weighted by molar-refractivity contribution is 5.92. The summed E-state index contributed by atoms with van der Waals surface area (Å²) in [7, 11) is 0. The molecule has 2 N–H and O–H groups in total. The van der Waals surface area contributed by atoms with E-state index in [9.17, 15) is 0 Å². The second-order valence-corrected chi connectivity index (χ2v) is 5.31. The third kappa shape index (κ3) is 2.18. The fraction of sp³-hybridized carbons (Fsp3) is 0.267. The Hall–Kier alpha value is -1.98. The lowest BCUT2D eigenvalue weighted by Crippen LogP contribution is -2.44. The van der Waals surface area contributed by atoms with E-state index >= 15 is 0 Å². The number of hydrogen-bond acceptors (Lipinski definition) is 5. The molecule has 0 radical (unpaired) electrons. The molecule has 1 aromatic carbocycles. The van der Waals surface area contributed by atoms with Crippen LogP contribution in [0.15, 0.2) is 41.1 Å². The Morgan fingerprint density at radius 1 is 1.14 bits per heavy atom. The van der Waals surface area contributed by atoms with E-state index in [1.165, 1.54) is 0 Å². The smallest absolute Gasteiger partial charge is 0.277 e. The van der Waals surface area contributed by atoms with Crippen molar-refractivity contribution in [1.82, 2.24) is 15.1 Å². The Morgan fingerprint density at radius 2 is 1.95 bits per heavy atom. The second-order valence-electron chi connectivity index (χ2n) is 5.31. The lowest BCUT2D eigenvalue weighted by Gasteiger charge is -2.34. The van der Waals surface area contributed by atoms with Gasteiger partial charge in [0.15, 0.2) is 5.82 Å². The summed E-state index contributed by atoms with van der Waals surface area (Å²) >= 11 is 0. The Kier molecular flexibility index (Phi) is 3.39. The summed E-state index contributed by atoms with van der Waals surface area (Å²) in [6.45, 7) is 0. The number of rotatable bonds is 2. The molecule has 0 bridgehead atoms. The van der Waals surface area contributed by atoms with Crippen LogP contribution in [0.5, 0.6) is 0 Å². The minimum Gasteiger partial charge on any atom is -0.332 e. The van der Waals surface area contributed by atoms with Crippen LogP contribution in [0.1, 0.15) is 25.1 Å². The molecule has 5 nitrogen and oxygen atoms in total. The molecule has 4 rings (SSSR count). The molecule has 2 heterocycles. The van der Waals surface area contributed by atoms with E-state index in [4.69, 9.17) is 10.3 Å². The lowest BCUT2D eigenvalue weighted by atomic mass is 9.77. The van der Waals surface area contributed by atoms with Crippen LogP contribution in [0.25, 0.3) is 22.4 Å². The van der Waals surface area contributed by atoms with Gasteiger partial charge >= 0.3 is 0 Å². The van der Waals surface area contributed by atoms with Crippen LogP contribution >= 0.6 is 12.4 Å². The van der Waals surface area contributed by atoms with E-state index in [2.05, 4.69) is 15.1 Å². The molecule has 1 aliphatic carbocycles. The predicted octanol–water partition coefficient (Wildman–Crippen LogP) is 3.04. The molecule has 21 heavy (non-hydrogen) atoms. The normalized spacial score (nSPS) is 16.2. The van der Waals surface area contributed by atoms with Gasteiger partial charge in [-0.1, -0.05) is 29.4 Å². The maximum atomic E-state index is 6.22. The number of fused-ring (bicyclic) bond motifs is 1. The topological polar surface area (TPSA) is 77.8 Å². The molecule has 0 unspecified atom stereocenters. The average molecular weight is 303 g/mol. The zero-order chi connectivity index (χ0) is 13.6. The molecule has 0 amide bonds. The molecular weight excluding hydrogens is 288 g/mol. The Morgan fingerprint density at radius 3 is 2.71 bits per heavy atom. The zero-order valence-corrected chi connectivity index (χ0v) is 12.1. The fourth-order valence-corrected chi connectivity index (χ4v) is 2.59. The number of pyridine rings is 1. The van der Waals surface area contributed by atoms with Crippen LogP contribution in [-0.4, -0.2) is 15.1 Å². The summed E-state index contributed by atoms with van der Waals surface area (Å²) in [5.74, 6) is 1.03. The quantitative estimate of drug-likeness (QED) is 0.787. The minimum atomic E-state index is -0.410. The number of nitrogens with zero attached hydrogens (tertiary/aromatic N) is 3. The molecule has 1 saturated carbocycles. The Labute approximate surface area is 128 Å². The summed E-state index contributed by atoms with van der Waals surface area (Å²) < 4.78 is 5.38. The van der Waals surface area contributed by atoms with Gasteiger partial charge in [0.25, 0.3) is 5.89 Å². The summed E-state index contributed by atoms with van der Waals surface area (Å²) in [6, 6.07) is 9.97. The van der Waals surface area contributed by atoms with E-state index in [1.807, 2.05) is 30.3 Å². The van der Waals surface area contributed by atoms with Crippen LogP contribution in [0.2, 0.25) is 0 Å². The van der Waals surface area contributed by atoms with Gasteiger partial charge in [-0.2, -0.15) is 4.98 Å². The minimum absolute atomic E-state index is 0. The second kappa shape index (κ2) is 5.09. The van der Waals surface area contributed by atoms with Gasteiger partial charge in [-0.05, 0) is 30.7 Å². The standard InChI is InChI=1S/C15H14N4O.ClH/c16-15(7-3-8-15)14-18-13(20-19-14)12-11-5-2-1-4-10(11)6-9-17-12;/h1-2,4-6,9H,3,7-8,16H2;1H. The van der Waals surface area contributed by atoms with Crippen molar-refractivity contribution >= 4 is 23.2 Å². The van der Waals surface area contributed by atoms with Crippen molar-refractivity contribution in [1.29, 1.82) is 0 Å². The predicted molar refractivity (Wildman–Crippen MR) is 82.0 cm³/mol. The number of benzene rings is 1. The molecule has 0 atom stereocenters. The first-order chi connectivity index (χ1) is 9.76. The molecule has 2 aromatic heterocycles. The van der Waals surface area contributed by atoms with Crippen molar-refractivity contribution in [2.45, 2.75) is 24.8 Å². The van der Waals surface area contributed by atoms with Crippen LogP contribution in [0.3, 0.4) is 0 Å². The first kappa shape index (κ1) is 14.0. The first-order valence-electron chi connectivity index (χ1n) is 6.73.